The van der Waals surface area contributed by atoms with Gasteiger partial charge in [0.05, 0.1) is 7.11 Å². The van der Waals surface area contributed by atoms with Crippen molar-refractivity contribution in [3.63, 3.8) is 0 Å². The first-order valence-corrected chi connectivity index (χ1v) is 6.97. The number of aryl methyl sites for hydroxylation is 2. The highest BCUT2D eigenvalue weighted by Crippen LogP contribution is 2.31. The molecule has 1 N–H and O–H groups in total. The summed E-state index contributed by atoms with van der Waals surface area (Å²) in [6.07, 6.45) is 0.718. The van der Waals surface area contributed by atoms with Crippen LogP contribution in [0.5, 0.6) is 5.75 Å². The van der Waals surface area contributed by atoms with Gasteiger partial charge >= 0.3 is 0 Å². The molecule has 2 aromatic rings. The molecule has 2 aromatic carbocycles. The molecule has 106 valence electrons. The topological polar surface area (TPSA) is 29.5 Å². The molecule has 0 amide bonds. The fourth-order valence-corrected chi connectivity index (χ4v) is 2.72. The van der Waals surface area contributed by atoms with Crippen LogP contribution in [0.4, 0.5) is 0 Å². The van der Waals surface area contributed by atoms with E-state index in [0.29, 0.717) is 0 Å². The van der Waals surface area contributed by atoms with Gasteiger partial charge in [0.15, 0.2) is 0 Å². The van der Waals surface area contributed by atoms with Crippen LogP contribution in [0, 0.1) is 13.8 Å². The molecule has 0 saturated carbocycles. The van der Waals surface area contributed by atoms with Crippen LogP contribution in [-0.4, -0.2) is 18.8 Å². The fraction of sp³-hybridized carbons (Fsp3) is 0.333. The van der Waals surface area contributed by atoms with Crippen molar-refractivity contribution >= 4 is 0 Å². The monoisotopic (exact) mass is 270 g/mol. The Hall–Kier alpha value is -1.80. The maximum absolute atomic E-state index is 9.39. The Morgan fingerprint density at radius 1 is 1.00 bits per heavy atom. The minimum atomic E-state index is 0.175. The summed E-state index contributed by atoms with van der Waals surface area (Å²) in [6.45, 7) is 4.39. The van der Waals surface area contributed by atoms with E-state index in [4.69, 9.17) is 4.74 Å². The van der Waals surface area contributed by atoms with Crippen molar-refractivity contribution in [2.45, 2.75) is 26.2 Å². The maximum Gasteiger partial charge on any atom is 0.119 e. The normalized spacial score (nSPS) is 12.2. The van der Waals surface area contributed by atoms with Gasteiger partial charge in [0.25, 0.3) is 0 Å². The Labute approximate surface area is 121 Å². The van der Waals surface area contributed by atoms with Crippen molar-refractivity contribution < 1.29 is 9.84 Å². The van der Waals surface area contributed by atoms with E-state index in [2.05, 4.69) is 44.2 Å². The van der Waals surface area contributed by atoms with E-state index in [1.165, 1.54) is 22.3 Å². The van der Waals surface area contributed by atoms with Crippen LogP contribution >= 0.6 is 0 Å². The fourth-order valence-electron chi connectivity index (χ4n) is 2.72. The van der Waals surface area contributed by atoms with Crippen LogP contribution in [0.15, 0.2) is 42.5 Å². The minimum absolute atomic E-state index is 0.175. The average Bonchev–Trinajstić information content (AvgIpc) is 2.43. The molecule has 2 nitrogen and oxygen atoms in total. The van der Waals surface area contributed by atoms with Gasteiger partial charge in [0.2, 0.25) is 0 Å². The van der Waals surface area contributed by atoms with E-state index >= 15 is 0 Å². The molecule has 20 heavy (non-hydrogen) atoms. The SMILES string of the molecule is COc1cccc([C@@H](CCO)c2cc(C)cc(C)c2)c1. The van der Waals surface area contributed by atoms with Crippen LogP contribution in [0.25, 0.3) is 0 Å². The highest BCUT2D eigenvalue weighted by molar-refractivity contribution is 5.40. The van der Waals surface area contributed by atoms with Gasteiger partial charge < -0.3 is 9.84 Å². The lowest BCUT2D eigenvalue weighted by atomic mass is 9.87. The molecule has 0 fully saturated rings. The minimum Gasteiger partial charge on any atom is -0.497 e. The first-order chi connectivity index (χ1) is 9.63. The maximum atomic E-state index is 9.39. The summed E-state index contributed by atoms with van der Waals surface area (Å²) in [7, 11) is 1.68. The van der Waals surface area contributed by atoms with Gasteiger partial charge in [-0.15, -0.1) is 0 Å². The van der Waals surface area contributed by atoms with Crippen molar-refractivity contribution in [3.05, 3.63) is 64.7 Å². The van der Waals surface area contributed by atoms with E-state index in [1.807, 2.05) is 12.1 Å². The quantitative estimate of drug-likeness (QED) is 0.894. The first-order valence-electron chi connectivity index (χ1n) is 6.97. The molecule has 0 bridgehead atoms. The number of aliphatic hydroxyl groups is 1. The largest absolute Gasteiger partial charge is 0.497 e. The molecule has 0 unspecified atom stereocenters. The summed E-state index contributed by atoms with van der Waals surface area (Å²) < 4.78 is 5.30. The third kappa shape index (κ3) is 3.40. The standard InChI is InChI=1S/C18H22O2/c1-13-9-14(2)11-16(10-13)18(7-8-19)15-5-4-6-17(12-15)20-3/h4-6,9-12,18-19H,7-8H2,1-3H3/t18-/m1/s1. The zero-order valence-corrected chi connectivity index (χ0v) is 12.4. The Morgan fingerprint density at radius 2 is 1.70 bits per heavy atom. The van der Waals surface area contributed by atoms with Crippen LogP contribution < -0.4 is 4.74 Å². The highest BCUT2D eigenvalue weighted by Gasteiger charge is 2.15. The number of rotatable bonds is 5. The second-order valence-corrected chi connectivity index (χ2v) is 5.26. The van der Waals surface area contributed by atoms with Gasteiger partial charge in [-0.2, -0.15) is 0 Å². The van der Waals surface area contributed by atoms with Crippen LogP contribution in [0.3, 0.4) is 0 Å². The van der Waals surface area contributed by atoms with Gasteiger partial charge in [-0.1, -0.05) is 41.5 Å². The summed E-state index contributed by atoms with van der Waals surface area (Å²) >= 11 is 0. The van der Waals surface area contributed by atoms with Crippen molar-refractivity contribution in [2.24, 2.45) is 0 Å². The molecular weight excluding hydrogens is 248 g/mol. The van der Waals surface area contributed by atoms with Gasteiger partial charge in [-0.25, -0.2) is 0 Å². The summed E-state index contributed by atoms with van der Waals surface area (Å²) in [5, 5.41) is 9.39. The van der Waals surface area contributed by atoms with Crippen molar-refractivity contribution in [3.8, 4) is 5.75 Å². The zero-order valence-electron chi connectivity index (χ0n) is 12.4. The lowest BCUT2D eigenvalue weighted by Gasteiger charge is -2.19. The number of hydrogen-bond donors (Lipinski definition) is 1. The van der Waals surface area contributed by atoms with E-state index in [0.717, 1.165) is 12.2 Å². The molecule has 0 radical (unpaired) electrons. The van der Waals surface area contributed by atoms with Crippen LogP contribution in [-0.2, 0) is 0 Å². The number of methoxy groups -OCH3 is 1. The predicted molar refractivity (Wildman–Crippen MR) is 82.5 cm³/mol. The molecule has 0 saturated heterocycles. The number of hydrogen-bond acceptors (Lipinski definition) is 2. The van der Waals surface area contributed by atoms with Crippen LogP contribution in [0.2, 0.25) is 0 Å². The van der Waals surface area contributed by atoms with Gasteiger partial charge in [-0.05, 0) is 43.5 Å². The Balaban J connectivity index is 2.43. The summed E-state index contributed by atoms with van der Waals surface area (Å²) in [5.41, 5.74) is 4.95. The Morgan fingerprint density at radius 3 is 2.30 bits per heavy atom. The molecule has 0 heterocycles. The van der Waals surface area contributed by atoms with E-state index in [1.54, 1.807) is 7.11 Å². The molecule has 0 aliphatic heterocycles. The number of aliphatic hydroxyl groups excluding tert-OH is 1. The van der Waals surface area contributed by atoms with E-state index < -0.39 is 0 Å². The van der Waals surface area contributed by atoms with Crippen molar-refractivity contribution in [1.29, 1.82) is 0 Å². The van der Waals surface area contributed by atoms with Crippen molar-refractivity contribution in [1.82, 2.24) is 0 Å². The van der Waals surface area contributed by atoms with Gasteiger partial charge in [0, 0.05) is 12.5 Å². The number of ether oxygens (including phenoxy) is 1. The lowest BCUT2D eigenvalue weighted by molar-refractivity contribution is 0.281. The molecule has 0 aliphatic carbocycles. The van der Waals surface area contributed by atoms with Gasteiger partial charge in [0.1, 0.15) is 5.75 Å². The predicted octanol–water partition coefficient (Wildman–Crippen LogP) is 3.83. The zero-order chi connectivity index (χ0) is 14.5. The molecule has 2 heteroatoms. The summed E-state index contributed by atoms with van der Waals surface area (Å²) in [5.74, 6) is 1.06. The average molecular weight is 270 g/mol. The molecule has 2 rings (SSSR count). The molecule has 0 aromatic heterocycles. The molecule has 1 atom stereocenters. The van der Waals surface area contributed by atoms with E-state index in [-0.39, 0.29) is 12.5 Å². The third-order valence-electron chi connectivity index (χ3n) is 3.56. The Bertz CT molecular complexity index is 555. The van der Waals surface area contributed by atoms with E-state index in [9.17, 15) is 5.11 Å². The highest BCUT2D eigenvalue weighted by atomic mass is 16.5. The lowest BCUT2D eigenvalue weighted by Crippen LogP contribution is -2.05. The number of benzene rings is 2. The van der Waals surface area contributed by atoms with Gasteiger partial charge in [-0.3, -0.25) is 0 Å². The molecule has 0 aliphatic rings. The third-order valence-corrected chi connectivity index (χ3v) is 3.56. The molecule has 0 spiro atoms. The summed E-state index contributed by atoms with van der Waals surface area (Å²) in [6, 6.07) is 14.7. The second kappa shape index (κ2) is 6.58. The summed E-state index contributed by atoms with van der Waals surface area (Å²) in [4.78, 5) is 0. The van der Waals surface area contributed by atoms with Crippen LogP contribution in [0.1, 0.15) is 34.6 Å². The first kappa shape index (κ1) is 14.6. The second-order valence-electron chi connectivity index (χ2n) is 5.26. The van der Waals surface area contributed by atoms with Crippen molar-refractivity contribution in [2.75, 3.05) is 13.7 Å². The molecular formula is C18H22O2. The smallest absolute Gasteiger partial charge is 0.119 e. The Kier molecular flexibility index (Phi) is 4.80.